The largest absolute Gasteiger partial charge is 0.478 e. The zero-order valence-electron chi connectivity index (χ0n) is 11.2. The topological polar surface area (TPSA) is 137 Å². The molecule has 1 aromatic carbocycles. The van der Waals surface area contributed by atoms with Crippen molar-refractivity contribution in [1.29, 1.82) is 0 Å². The van der Waals surface area contributed by atoms with Crippen LogP contribution in [0, 0.1) is 10.1 Å². The number of aryl methyl sites for hydroxylation is 1. The van der Waals surface area contributed by atoms with Gasteiger partial charge in [-0.15, -0.1) is 10.2 Å². The summed E-state index contributed by atoms with van der Waals surface area (Å²) in [6.07, 6.45) is 0.540. The lowest BCUT2D eigenvalue weighted by Crippen LogP contribution is -2.13. The Balaban J connectivity index is 2.52. The molecule has 0 atom stereocenters. The van der Waals surface area contributed by atoms with Gasteiger partial charge in [-0.2, -0.15) is 0 Å². The van der Waals surface area contributed by atoms with Crippen LogP contribution in [0.1, 0.15) is 23.1 Å². The molecule has 0 aliphatic rings. The smallest absolute Gasteiger partial charge is 0.335 e. The molecule has 11 heteroatoms. The Kier molecular flexibility index (Phi) is 4.52. The van der Waals surface area contributed by atoms with Gasteiger partial charge in [-0.3, -0.25) is 10.1 Å². The van der Waals surface area contributed by atoms with Crippen LogP contribution in [0.4, 0.5) is 5.69 Å². The number of hydrogen-bond acceptors (Lipinski definition) is 7. The quantitative estimate of drug-likeness (QED) is 0.477. The molecule has 1 heterocycles. The standard InChI is InChI=1S/C11H10ClN5O4S/c1-2-8-14-15-11(16(8)13)22-9-6(12)3-5(10(18)19)4-7(9)17(20)21/h3-4H,2,13H2,1H3,(H,18,19). The number of nitrogens with two attached hydrogens (primary N) is 1. The van der Waals surface area contributed by atoms with Gasteiger partial charge in [0.2, 0.25) is 5.16 Å². The number of aromatic carboxylic acids is 1. The molecule has 116 valence electrons. The number of halogens is 1. The molecule has 0 saturated heterocycles. The zero-order chi connectivity index (χ0) is 16.4. The summed E-state index contributed by atoms with van der Waals surface area (Å²) >= 11 is 6.83. The van der Waals surface area contributed by atoms with Gasteiger partial charge in [-0.05, 0) is 17.8 Å². The highest BCUT2D eigenvalue weighted by molar-refractivity contribution is 7.99. The summed E-state index contributed by atoms with van der Waals surface area (Å²) in [5, 5.41) is 27.9. The van der Waals surface area contributed by atoms with Crippen molar-refractivity contribution in [1.82, 2.24) is 14.9 Å². The average Bonchev–Trinajstić information content (AvgIpc) is 2.80. The van der Waals surface area contributed by atoms with Gasteiger partial charge in [-0.25, -0.2) is 9.47 Å². The Morgan fingerprint density at radius 2 is 2.23 bits per heavy atom. The number of carbonyl (C=O) groups is 1. The second kappa shape index (κ2) is 6.20. The molecular formula is C11H10ClN5O4S. The molecule has 0 aliphatic carbocycles. The highest BCUT2D eigenvalue weighted by Crippen LogP contribution is 2.40. The number of benzene rings is 1. The fourth-order valence-electron chi connectivity index (χ4n) is 1.65. The molecule has 9 nitrogen and oxygen atoms in total. The molecule has 1 aromatic heterocycles. The van der Waals surface area contributed by atoms with Gasteiger partial charge in [0, 0.05) is 12.5 Å². The maximum Gasteiger partial charge on any atom is 0.335 e. The van der Waals surface area contributed by atoms with Crippen molar-refractivity contribution in [3.05, 3.63) is 38.7 Å². The van der Waals surface area contributed by atoms with Crippen molar-refractivity contribution >= 4 is 35.0 Å². The average molecular weight is 344 g/mol. The van der Waals surface area contributed by atoms with Crippen LogP contribution in [0.25, 0.3) is 0 Å². The second-order valence-electron chi connectivity index (χ2n) is 4.09. The van der Waals surface area contributed by atoms with E-state index >= 15 is 0 Å². The van der Waals surface area contributed by atoms with E-state index in [0.717, 1.165) is 23.9 Å². The van der Waals surface area contributed by atoms with E-state index in [2.05, 4.69) is 10.2 Å². The second-order valence-corrected chi connectivity index (χ2v) is 5.48. The number of carboxylic acids is 1. The molecule has 0 aliphatic heterocycles. The fraction of sp³-hybridized carbons (Fsp3) is 0.182. The number of nitro groups is 1. The van der Waals surface area contributed by atoms with E-state index in [1.54, 1.807) is 0 Å². The van der Waals surface area contributed by atoms with E-state index in [0.29, 0.717) is 12.2 Å². The van der Waals surface area contributed by atoms with Crippen LogP contribution in [0.2, 0.25) is 5.02 Å². The Hall–Kier alpha value is -2.33. The predicted molar refractivity (Wildman–Crippen MR) is 78.7 cm³/mol. The molecular weight excluding hydrogens is 334 g/mol. The number of nitrogen functional groups attached to an aromatic ring is 1. The molecule has 3 N–H and O–H groups in total. The van der Waals surface area contributed by atoms with E-state index in [1.165, 1.54) is 4.68 Å². The predicted octanol–water partition coefficient (Wildman–Crippen LogP) is 1.97. The molecule has 0 fully saturated rings. The third-order valence-electron chi connectivity index (χ3n) is 2.71. The minimum atomic E-state index is -1.31. The summed E-state index contributed by atoms with van der Waals surface area (Å²) in [5.74, 6) is 4.97. The van der Waals surface area contributed by atoms with E-state index in [9.17, 15) is 14.9 Å². The molecule has 2 rings (SSSR count). The normalized spacial score (nSPS) is 10.6. The Labute approximate surface area is 133 Å². The van der Waals surface area contributed by atoms with Crippen LogP contribution in [0.15, 0.2) is 22.2 Å². The minimum Gasteiger partial charge on any atom is -0.478 e. The summed E-state index contributed by atoms with van der Waals surface area (Å²) < 4.78 is 1.20. The zero-order valence-corrected chi connectivity index (χ0v) is 12.8. The third-order valence-corrected chi connectivity index (χ3v) is 4.22. The Morgan fingerprint density at radius 3 is 2.73 bits per heavy atom. The van der Waals surface area contributed by atoms with E-state index in [4.69, 9.17) is 22.6 Å². The monoisotopic (exact) mass is 343 g/mol. The molecule has 0 amide bonds. The van der Waals surface area contributed by atoms with E-state index in [-0.39, 0.29) is 20.6 Å². The van der Waals surface area contributed by atoms with Crippen molar-refractivity contribution in [3.8, 4) is 0 Å². The van der Waals surface area contributed by atoms with Crippen LogP contribution in [0.3, 0.4) is 0 Å². The van der Waals surface area contributed by atoms with Crippen molar-refractivity contribution in [3.63, 3.8) is 0 Å². The van der Waals surface area contributed by atoms with Crippen LogP contribution >= 0.6 is 23.4 Å². The first-order valence-electron chi connectivity index (χ1n) is 5.93. The number of hydrogen-bond donors (Lipinski definition) is 2. The van der Waals surface area contributed by atoms with Crippen molar-refractivity contribution in [2.24, 2.45) is 0 Å². The summed E-state index contributed by atoms with van der Waals surface area (Å²) in [7, 11) is 0. The van der Waals surface area contributed by atoms with E-state index in [1.807, 2.05) is 6.92 Å². The van der Waals surface area contributed by atoms with Crippen molar-refractivity contribution < 1.29 is 14.8 Å². The first-order chi connectivity index (χ1) is 10.3. The number of rotatable bonds is 5. The van der Waals surface area contributed by atoms with Crippen LogP contribution in [-0.2, 0) is 6.42 Å². The highest BCUT2D eigenvalue weighted by atomic mass is 35.5. The van der Waals surface area contributed by atoms with Gasteiger partial charge >= 0.3 is 5.97 Å². The Bertz CT molecular complexity index is 763. The summed E-state index contributed by atoms with van der Waals surface area (Å²) in [5.41, 5.74) is -0.708. The van der Waals surface area contributed by atoms with E-state index < -0.39 is 16.6 Å². The first kappa shape index (κ1) is 16.0. The Morgan fingerprint density at radius 1 is 1.55 bits per heavy atom. The number of nitrogens with zero attached hydrogens (tertiary/aromatic N) is 4. The first-order valence-corrected chi connectivity index (χ1v) is 7.13. The maximum absolute atomic E-state index is 11.2. The van der Waals surface area contributed by atoms with Crippen LogP contribution in [0.5, 0.6) is 0 Å². The lowest BCUT2D eigenvalue weighted by Gasteiger charge is -2.06. The van der Waals surface area contributed by atoms with Crippen LogP contribution in [-0.4, -0.2) is 30.9 Å². The highest BCUT2D eigenvalue weighted by Gasteiger charge is 2.24. The summed E-state index contributed by atoms with van der Waals surface area (Å²) in [4.78, 5) is 21.5. The molecule has 0 saturated carbocycles. The van der Waals surface area contributed by atoms with Crippen molar-refractivity contribution in [2.45, 2.75) is 23.4 Å². The SMILES string of the molecule is CCc1nnc(Sc2c(Cl)cc(C(=O)O)cc2[N+](=O)[O-])n1N. The minimum absolute atomic E-state index is 0.0541. The van der Waals surface area contributed by atoms with Gasteiger partial charge < -0.3 is 10.9 Å². The number of nitro benzene ring substituents is 1. The van der Waals surface area contributed by atoms with Gasteiger partial charge in [0.25, 0.3) is 5.69 Å². The molecule has 0 unspecified atom stereocenters. The molecule has 2 aromatic rings. The summed E-state index contributed by atoms with van der Waals surface area (Å²) in [6, 6.07) is 2.08. The summed E-state index contributed by atoms with van der Waals surface area (Å²) in [6.45, 7) is 1.83. The van der Waals surface area contributed by atoms with Gasteiger partial charge in [-0.1, -0.05) is 18.5 Å². The number of carboxylic acid groups (broad SMARTS) is 1. The molecule has 0 bridgehead atoms. The number of aromatic nitrogens is 3. The van der Waals surface area contributed by atoms with Gasteiger partial charge in [0.05, 0.1) is 15.5 Å². The third kappa shape index (κ3) is 2.97. The molecule has 0 radical (unpaired) electrons. The maximum atomic E-state index is 11.2. The molecule has 0 spiro atoms. The lowest BCUT2D eigenvalue weighted by atomic mass is 10.2. The fourth-order valence-corrected chi connectivity index (χ4v) is 2.84. The molecule has 22 heavy (non-hydrogen) atoms. The lowest BCUT2D eigenvalue weighted by molar-refractivity contribution is -0.387. The van der Waals surface area contributed by atoms with Gasteiger partial charge in [0.1, 0.15) is 4.90 Å². The van der Waals surface area contributed by atoms with Gasteiger partial charge in [0.15, 0.2) is 5.82 Å². The van der Waals surface area contributed by atoms with Crippen LogP contribution < -0.4 is 5.84 Å². The van der Waals surface area contributed by atoms with Crippen molar-refractivity contribution in [2.75, 3.05) is 5.84 Å².